The summed E-state index contributed by atoms with van der Waals surface area (Å²) in [5.41, 5.74) is 0.915. The Morgan fingerprint density at radius 3 is 2.64 bits per heavy atom. The Bertz CT molecular complexity index is 264. The highest BCUT2D eigenvalue weighted by atomic mass is 35.5. The molecule has 1 rings (SSSR count). The van der Waals surface area contributed by atoms with Gasteiger partial charge in [-0.05, 0) is 20.8 Å². The van der Waals surface area contributed by atoms with Crippen LogP contribution in [0.4, 0.5) is 0 Å². The van der Waals surface area contributed by atoms with E-state index >= 15 is 0 Å². The van der Waals surface area contributed by atoms with Crippen LogP contribution in [0.1, 0.15) is 26.5 Å². The quantitative estimate of drug-likeness (QED) is 0.723. The Balaban J connectivity index is 2.68. The van der Waals surface area contributed by atoms with Crippen molar-refractivity contribution in [3.8, 4) is 5.88 Å². The van der Waals surface area contributed by atoms with Gasteiger partial charge in [-0.2, -0.15) is 0 Å². The van der Waals surface area contributed by atoms with E-state index in [-0.39, 0.29) is 11.5 Å². The molecule has 0 aliphatic rings. The Morgan fingerprint density at radius 2 is 2.07 bits per heavy atom. The van der Waals surface area contributed by atoms with E-state index in [9.17, 15) is 0 Å². The van der Waals surface area contributed by atoms with E-state index in [0.29, 0.717) is 5.88 Å². The average Bonchev–Trinajstić information content (AvgIpc) is 2.01. The number of aromatic nitrogens is 2. The molecule has 0 saturated carbocycles. The number of hydrogen-bond donors (Lipinski definition) is 0. The monoisotopic (exact) mass is 214 g/mol. The summed E-state index contributed by atoms with van der Waals surface area (Å²) in [6.07, 6.45) is 2.37. The Labute approximate surface area is 89.5 Å². The minimum absolute atomic E-state index is 0.0804. The lowest BCUT2D eigenvalue weighted by atomic mass is 10.2. The first-order valence-corrected chi connectivity index (χ1v) is 5.13. The molecule has 1 aromatic rings. The molecule has 0 aromatic carbocycles. The number of ether oxygens (including phenoxy) is 1. The van der Waals surface area contributed by atoms with Crippen molar-refractivity contribution in [2.45, 2.75) is 38.7 Å². The number of alkyl halides is 1. The average molecular weight is 215 g/mol. The van der Waals surface area contributed by atoms with Crippen LogP contribution in [-0.4, -0.2) is 21.4 Å². The third kappa shape index (κ3) is 3.92. The molecule has 0 bridgehead atoms. The molecule has 0 fully saturated rings. The molecule has 0 spiro atoms. The van der Waals surface area contributed by atoms with Crippen molar-refractivity contribution >= 4 is 11.6 Å². The van der Waals surface area contributed by atoms with Gasteiger partial charge in [0.25, 0.3) is 0 Å². The van der Waals surface area contributed by atoms with Crippen LogP contribution >= 0.6 is 11.6 Å². The first-order chi connectivity index (χ1) is 6.58. The van der Waals surface area contributed by atoms with Gasteiger partial charge in [0, 0.05) is 23.6 Å². The first kappa shape index (κ1) is 11.2. The van der Waals surface area contributed by atoms with Crippen LogP contribution < -0.4 is 4.74 Å². The number of rotatable bonds is 4. The van der Waals surface area contributed by atoms with Crippen LogP contribution in [-0.2, 0) is 6.42 Å². The normalized spacial score (nSPS) is 12.9. The Morgan fingerprint density at radius 1 is 1.36 bits per heavy atom. The highest BCUT2D eigenvalue weighted by Crippen LogP contribution is 2.11. The fraction of sp³-hybridized carbons (Fsp3) is 0.600. The summed E-state index contributed by atoms with van der Waals surface area (Å²) in [4.78, 5) is 8.12. The molecule has 0 aliphatic heterocycles. The number of nitrogens with zero attached hydrogens (tertiary/aromatic N) is 2. The molecule has 3 nitrogen and oxygen atoms in total. The fourth-order valence-corrected chi connectivity index (χ4v) is 1.24. The van der Waals surface area contributed by atoms with Crippen LogP contribution in [0.5, 0.6) is 5.88 Å². The Hall–Kier alpha value is -0.830. The van der Waals surface area contributed by atoms with Gasteiger partial charge in [-0.25, -0.2) is 9.97 Å². The van der Waals surface area contributed by atoms with Gasteiger partial charge in [-0.1, -0.05) is 0 Å². The van der Waals surface area contributed by atoms with E-state index in [1.165, 1.54) is 6.33 Å². The van der Waals surface area contributed by atoms with E-state index in [4.69, 9.17) is 16.3 Å². The highest BCUT2D eigenvalue weighted by Gasteiger charge is 2.04. The van der Waals surface area contributed by atoms with Crippen LogP contribution in [0.25, 0.3) is 0 Å². The van der Waals surface area contributed by atoms with Gasteiger partial charge >= 0.3 is 0 Å². The van der Waals surface area contributed by atoms with E-state index in [2.05, 4.69) is 9.97 Å². The zero-order valence-electron chi connectivity index (χ0n) is 8.70. The lowest BCUT2D eigenvalue weighted by Gasteiger charge is -2.09. The van der Waals surface area contributed by atoms with E-state index in [1.807, 2.05) is 26.8 Å². The predicted molar refractivity (Wildman–Crippen MR) is 56.8 cm³/mol. The van der Waals surface area contributed by atoms with Crippen LogP contribution in [0.15, 0.2) is 12.4 Å². The predicted octanol–water partition coefficient (Wildman–Crippen LogP) is 2.43. The van der Waals surface area contributed by atoms with Gasteiger partial charge in [0.2, 0.25) is 5.88 Å². The fourth-order valence-electron chi connectivity index (χ4n) is 1.08. The van der Waals surface area contributed by atoms with Gasteiger partial charge in [-0.15, -0.1) is 11.6 Å². The summed E-state index contributed by atoms with van der Waals surface area (Å²) in [7, 11) is 0. The molecule has 1 atom stereocenters. The summed E-state index contributed by atoms with van der Waals surface area (Å²) in [5, 5.41) is 0.0804. The molecule has 1 unspecified atom stereocenters. The molecule has 0 radical (unpaired) electrons. The molecule has 0 saturated heterocycles. The molecule has 0 aliphatic carbocycles. The molecule has 0 amide bonds. The topological polar surface area (TPSA) is 35.0 Å². The SMILES string of the molecule is CC(Cl)Cc1cc(OC(C)C)ncn1. The summed E-state index contributed by atoms with van der Waals surface area (Å²) >= 11 is 5.87. The van der Waals surface area contributed by atoms with Crippen molar-refractivity contribution in [3.05, 3.63) is 18.1 Å². The second-order valence-electron chi connectivity index (χ2n) is 3.50. The number of halogens is 1. The highest BCUT2D eigenvalue weighted by molar-refractivity contribution is 6.20. The second-order valence-corrected chi connectivity index (χ2v) is 4.24. The molecular weight excluding hydrogens is 200 g/mol. The van der Waals surface area contributed by atoms with E-state index in [1.54, 1.807) is 0 Å². The van der Waals surface area contributed by atoms with Crippen molar-refractivity contribution < 1.29 is 4.74 Å². The minimum atomic E-state index is 0.0804. The molecule has 0 N–H and O–H groups in total. The maximum absolute atomic E-state index is 5.87. The van der Waals surface area contributed by atoms with Crippen molar-refractivity contribution in [1.29, 1.82) is 0 Å². The van der Waals surface area contributed by atoms with Crippen molar-refractivity contribution in [1.82, 2.24) is 9.97 Å². The van der Waals surface area contributed by atoms with Gasteiger partial charge < -0.3 is 4.74 Å². The lowest BCUT2D eigenvalue weighted by Crippen LogP contribution is -2.08. The van der Waals surface area contributed by atoms with Crippen LogP contribution in [0, 0.1) is 0 Å². The third-order valence-corrected chi connectivity index (χ3v) is 1.70. The van der Waals surface area contributed by atoms with Crippen LogP contribution in [0.2, 0.25) is 0 Å². The van der Waals surface area contributed by atoms with Gasteiger partial charge in [-0.3, -0.25) is 0 Å². The summed E-state index contributed by atoms with van der Waals surface area (Å²) in [6.45, 7) is 5.87. The summed E-state index contributed by atoms with van der Waals surface area (Å²) < 4.78 is 5.44. The zero-order valence-corrected chi connectivity index (χ0v) is 9.45. The van der Waals surface area contributed by atoms with Crippen molar-refractivity contribution in [3.63, 3.8) is 0 Å². The molecular formula is C10H15ClN2O. The Kier molecular flexibility index (Phi) is 4.14. The largest absolute Gasteiger partial charge is 0.475 e. The molecule has 78 valence electrons. The van der Waals surface area contributed by atoms with E-state index < -0.39 is 0 Å². The zero-order chi connectivity index (χ0) is 10.6. The molecule has 14 heavy (non-hydrogen) atoms. The molecule has 1 heterocycles. The van der Waals surface area contributed by atoms with Crippen molar-refractivity contribution in [2.75, 3.05) is 0 Å². The van der Waals surface area contributed by atoms with Gasteiger partial charge in [0.05, 0.1) is 6.10 Å². The van der Waals surface area contributed by atoms with Crippen LogP contribution in [0.3, 0.4) is 0 Å². The number of hydrogen-bond acceptors (Lipinski definition) is 3. The lowest BCUT2D eigenvalue weighted by molar-refractivity contribution is 0.232. The van der Waals surface area contributed by atoms with E-state index in [0.717, 1.165) is 12.1 Å². The second kappa shape index (κ2) is 5.15. The maximum Gasteiger partial charge on any atom is 0.216 e. The molecule has 1 aromatic heterocycles. The van der Waals surface area contributed by atoms with Gasteiger partial charge in [0.15, 0.2) is 0 Å². The standard InChI is InChI=1S/C10H15ClN2O/c1-7(2)14-10-5-9(4-8(3)11)12-6-13-10/h5-8H,4H2,1-3H3. The summed E-state index contributed by atoms with van der Waals surface area (Å²) in [5.74, 6) is 0.613. The van der Waals surface area contributed by atoms with Crippen molar-refractivity contribution in [2.24, 2.45) is 0 Å². The third-order valence-electron chi connectivity index (χ3n) is 1.55. The maximum atomic E-state index is 5.87. The summed E-state index contributed by atoms with van der Waals surface area (Å²) in [6, 6.07) is 1.83. The smallest absolute Gasteiger partial charge is 0.216 e. The first-order valence-electron chi connectivity index (χ1n) is 4.69. The van der Waals surface area contributed by atoms with Gasteiger partial charge in [0.1, 0.15) is 6.33 Å². The minimum Gasteiger partial charge on any atom is -0.475 e. The molecule has 4 heteroatoms.